The van der Waals surface area contributed by atoms with E-state index in [0.29, 0.717) is 0 Å². The average molecular weight is 684 g/mol. The zero-order valence-corrected chi connectivity index (χ0v) is 29.2. The van der Waals surface area contributed by atoms with Gasteiger partial charge in [0.1, 0.15) is 23.0 Å². The number of ether oxygens (including phenoxy) is 1. The third kappa shape index (κ3) is 4.26. The molecule has 6 nitrogen and oxygen atoms in total. The molecule has 0 amide bonds. The van der Waals surface area contributed by atoms with Gasteiger partial charge in [0.15, 0.2) is 0 Å². The Balaban J connectivity index is 1.11. The average Bonchev–Trinajstić information content (AvgIpc) is 3.83. The van der Waals surface area contributed by atoms with Gasteiger partial charge < -0.3 is 9.30 Å². The van der Waals surface area contributed by atoms with Crippen molar-refractivity contribution in [2.45, 2.75) is 19.3 Å². The van der Waals surface area contributed by atoms with Crippen LogP contribution in [0.2, 0.25) is 0 Å². The second-order valence-electron chi connectivity index (χ2n) is 14.3. The molecule has 0 spiro atoms. The molecular formula is C47H33N5O. The van der Waals surface area contributed by atoms with Gasteiger partial charge in [-0.3, -0.25) is 9.30 Å². The molecule has 1 aliphatic rings. The molecule has 0 unspecified atom stereocenters. The van der Waals surface area contributed by atoms with Crippen LogP contribution in [0.5, 0.6) is 11.5 Å². The number of nitrogens with zero attached hydrogens (tertiary/aromatic N) is 5. The first-order chi connectivity index (χ1) is 26.1. The smallest absolute Gasteiger partial charge is 0.145 e. The van der Waals surface area contributed by atoms with Gasteiger partial charge in [-0.15, -0.1) is 0 Å². The number of pyridine rings is 2. The molecule has 0 saturated heterocycles. The van der Waals surface area contributed by atoms with Gasteiger partial charge in [0.05, 0.1) is 27.9 Å². The molecule has 0 aliphatic carbocycles. The normalized spacial score (nSPS) is 13.6. The van der Waals surface area contributed by atoms with E-state index >= 15 is 0 Å². The van der Waals surface area contributed by atoms with E-state index in [4.69, 9.17) is 14.7 Å². The van der Waals surface area contributed by atoms with Gasteiger partial charge in [0.25, 0.3) is 0 Å². The molecule has 252 valence electrons. The third-order valence-corrected chi connectivity index (χ3v) is 11.0. The Morgan fingerprint density at radius 2 is 1.26 bits per heavy atom. The van der Waals surface area contributed by atoms with Crippen molar-refractivity contribution in [3.63, 3.8) is 0 Å². The van der Waals surface area contributed by atoms with Crippen molar-refractivity contribution in [2.24, 2.45) is 0 Å². The van der Waals surface area contributed by atoms with E-state index in [0.717, 1.165) is 56.3 Å². The summed E-state index contributed by atoms with van der Waals surface area (Å²) in [7, 11) is 0. The zero-order valence-electron chi connectivity index (χ0n) is 29.2. The molecule has 10 aromatic rings. The maximum atomic E-state index is 6.73. The number of fused-ring (bicyclic) bond motifs is 12. The topological polar surface area (TPSA) is 47.6 Å². The third-order valence-electron chi connectivity index (χ3n) is 11.0. The number of imidazole rings is 1. The maximum Gasteiger partial charge on any atom is 0.145 e. The maximum absolute atomic E-state index is 6.73. The second kappa shape index (κ2) is 11.0. The molecule has 11 rings (SSSR count). The Hall–Kier alpha value is -6.92. The van der Waals surface area contributed by atoms with Gasteiger partial charge in [-0.05, 0) is 77.7 Å². The predicted octanol–water partition coefficient (Wildman–Crippen LogP) is 12.0. The van der Waals surface area contributed by atoms with Gasteiger partial charge in [-0.2, -0.15) is 0 Å². The van der Waals surface area contributed by atoms with Crippen LogP contribution in [0.1, 0.15) is 25.0 Å². The largest absolute Gasteiger partial charge is 0.457 e. The summed E-state index contributed by atoms with van der Waals surface area (Å²) in [5.74, 6) is 2.36. The van der Waals surface area contributed by atoms with Gasteiger partial charge in [0, 0.05) is 62.9 Å². The van der Waals surface area contributed by atoms with Crippen LogP contribution in [-0.2, 0) is 5.41 Å². The fourth-order valence-corrected chi connectivity index (χ4v) is 8.73. The molecule has 0 N–H and O–H groups in total. The van der Waals surface area contributed by atoms with Crippen LogP contribution in [0.15, 0.2) is 164 Å². The van der Waals surface area contributed by atoms with Crippen LogP contribution in [0.3, 0.4) is 0 Å². The molecule has 0 radical (unpaired) electrons. The summed E-state index contributed by atoms with van der Waals surface area (Å²) in [5, 5.41) is 5.85. The summed E-state index contributed by atoms with van der Waals surface area (Å²) in [5.41, 5.74) is 9.81. The van der Waals surface area contributed by atoms with Crippen molar-refractivity contribution in [3.8, 4) is 17.2 Å². The first-order valence-corrected chi connectivity index (χ1v) is 18.0. The molecule has 1 aliphatic heterocycles. The number of hydrogen-bond donors (Lipinski definition) is 0. The summed E-state index contributed by atoms with van der Waals surface area (Å²) in [6, 6.07) is 51.4. The summed E-state index contributed by atoms with van der Waals surface area (Å²) < 4.78 is 11.3. The monoisotopic (exact) mass is 683 g/mol. The fraction of sp³-hybridized carbons (Fsp3) is 0.0638. The minimum absolute atomic E-state index is 0.370. The number of para-hydroxylation sites is 3. The van der Waals surface area contributed by atoms with Crippen molar-refractivity contribution < 1.29 is 4.74 Å². The molecule has 4 aromatic heterocycles. The molecule has 0 fully saturated rings. The first-order valence-electron chi connectivity index (χ1n) is 18.0. The first kappa shape index (κ1) is 29.8. The van der Waals surface area contributed by atoms with E-state index in [1.165, 1.54) is 38.3 Å². The Bertz CT molecular complexity index is 3070. The molecule has 6 aromatic carbocycles. The van der Waals surface area contributed by atoms with E-state index in [1.54, 1.807) is 0 Å². The Morgan fingerprint density at radius 1 is 0.547 bits per heavy atom. The molecular weight excluding hydrogens is 651 g/mol. The number of hydrogen-bond acceptors (Lipinski definition) is 4. The van der Waals surface area contributed by atoms with Crippen LogP contribution in [-0.4, -0.2) is 18.9 Å². The highest BCUT2D eigenvalue weighted by Crippen LogP contribution is 2.55. The molecule has 5 heterocycles. The van der Waals surface area contributed by atoms with Crippen molar-refractivity contribution >= 4 is 66.3 Å². The predicted molar refractivity (Wildman–Crippen MR) is 216 cm³/mol. The lowest BCUT2D eigenvalue weighted by Gasteiger charge is -2.42. The molecule has 0 saturated carbocycles. The van der Waals surface area contributed by atoms with Crippen molar-refractivity contribution in [2.75, 3.05) is 4.90 Å². The fourth-order valence-electron chi connectivity index (χ4n) is 8.73. The minimum Gasteiger partial charge on any atom is -0.457 e. The number of benzene rings is 6. The number of anilines is 3. The molecule has 0 bridgehead atoms. The molecule has 53 heavy (non-hydrogen) atoms. The lowest BCUT2D eigenvalue weighted by Crippen LogP contribution is -2.31. The van der Waals surface area contributed by atoms with Gasteiger partial charge >= 0.3 is 0 Å². The van der Waals surface area contributed by atoms with Crippen LogP contribution in [0, 0.1) is 0 Å². The van der Waals surface area contributed by atoms with Crippen LogP contribution < -0.4 is 9.64 Å². The van der Waals surface area contributed by atoms with Crippen LogP contribution >= 0.6 is 0 Å². The Labute approximate surface area is 305 Å². The standard InChI is InChI=1S/C47H33N5O/c1-47(2)38-23-20-32(53-31-19-21-33-34-14-6-8-16-39(34)50-27-26-49-46(50)37(33)28-31)29-42(38)52(43-18-10-11-25-48-43)41-24-22-36-35-15-7-9-17-40(35)51(45(36)44(41)47)30-12-4-3-5-13-30/h3-29H,1-2H3. The summed E-state index contributed by atoms with van der Waals surface area (Å²) >= 11 is 0. The molecule has 6 heteroatoms. The van der Waals surface area contributed by atoms with Crippen molar-refractivity contribution in [1.29, 1.82) is 0 Å². The Kier molecular flexibility index (Phi) is 6.20. The van der Waals surface area contributed by atoms with Gasteiger partial charge in [0.2, 0.25) is 0 Å². The van der Waals surface area contributed by atoms with Crippen LogP contribution in [0.4, 0.5) is 17.2 Å². The summed E-state index contributed by atoms with van der Waals surface area (Å²) in [6.07, 6.45) is 5.74. The number of rotatable bonds is 4. The second-order valence-corrected chi connectivity index (χ2v) is 14.3. The zero-order chi connectivity index (χ0) is 35.3. The lowest BCUT2D eigenvalue weighted by atomic mass is 9.72. The van der Waals surface area contributed by atoms with E-state index in [-0.39, 0.29) is 5.41 Å². The van der Waals surface area contributed by atoms with Gasteiger partial charge in [-0.1, -0.05) is 86.6 Å². The lowest BCUT2D eigenvalue weighted by molar-refractivity contribution is 0.482. The summed E-state index contributed by atoms with van der Waals surface area (Å²) in [4.78, 5) is 12.0. The van der Waals surface area contributed by atoms with Crippen molar-refractivity contribution in [3.05, 3.63) is 175 Å². The van der Waals surface area contributed by atoms with E-state index in [2.05, 4.69) is 167 Å². The molecule has 0 atom stereocenters. The highest BCUT2D eigenvalue weighted by atomic mass is 16.5. The quantitative estimate of drug-likeness (QED) is 0.173. The van der Waals surface area contributed by atoms with Crippen molar-refractivity contribution in [1.82, 2.24) is 18.9 Å². The SMILES string of the molecule is CC1(C)c2ccc(Oc3ccc4c5ccccc5n5ccnc5c4c3)cc2N(c2ccccn2)c2ccc3c4ccccc4n(-c4ccccc4)c3c21. The summed E-state index contributed by atoms with van der Waals surface area (Å²) in [6.45, 7) is 4.69. The van der Waals surface area contributed by atoms with E-state index in [9.17, 15) is 0 Å². The van der Waals surface area contributed by atoms with E-state index < -0.39 is 0 Å². The van der Waals surface area contributed by atoms with Crippen LogP contribution in [0.25, 0.3) is 54.8 Å². The number of aromatic nitrogens is 4. The highest BCUT2D eigenvalue weighted by molar-refractivity contribution is 6.14. The minimum atomic E-state index is -0.370. The Morgan fingerprint density at radius 3 is 2.09 bits per heavy atom. The van der Waals surface area contributed by atoms with Gasteiger partial charge in [-0.25, -0.2) is 9.97 Å². The highest BCUT2D eigenvalue weighted by Gasteiger charge is 2.40. The van der Waals surface area contributed by atoms with E-state index in [1.807, 2.05) is 24.7 Å².